The average Bonchev–Trinajstić information content (AvgIpc) is 3.78. The van der Waals surface area contributed by atoms with E-state index < -0.39 is 17.7 Å². The van der Waals surface area contributed by atoms with Crippen molar-refractivity contribution in [2.24, 2.45) is 0 Å². The number of methoxy groups -OCH3 is 1. The summed E-state index contributed by atoms with van der Waals surface area (Å²) >= 11 is 0. The molecule has 13 nitrogen and oxygen atoms in total. The molecular formula is C34H33F2N11O2. The number of amides is 1. The average molecular weight is 666 g/mol. The lowest BCUT2D eigenvalue weighted by Crippen LogP contribution is -2.47. The van der Waals surface area contributed by atoms with Crippen molar-refractivity contribution in [3.63, 3.8) is 0 Å². The van der Waals surface area contributed by atoms with Gasteiger partial charge in [0.05, 0.1) is 41.0 Å². The van der Waals surface area contributed by atoms with Gasteiger partial charge in [0.2, 0.25) is 5.91 Å². The minimum atomic E-state index is -0.775. The smallest absolute Gasteiger partial charge is 0.245 e. The molecule has 0 radical (unpaired) electrons. The lowest BCUT2D eigenvalue weighted by Gasteiger charge is -2.31. The number of nitrogens with zero attached hydrogens (tertiary/aromatic N) is 10. The maximum absolute atomic E-state index is 14.9. The van der Waals surface area contributed by atoms with Crippen LogP contribution in [0.1, 0.15) is 18.1 Å². The summed E-state index contributed by atoms with van der Waals surface area (Å²) in [5, 5.41) is 8.50. The quantitative estimate of drug-likeness (QED) is 0.295. The zero-order valence-corrected chi connectivity index (χ0v) is 27.3. The largest absolute Gasteiger partial charge is 0.378 e. The third-order valence-electron chi connectivity index (χ3n) is 9.28. The molecule has 1 unspecified atom stereocenters. The first-order valence-corrected chi connectivity index (χ1v) is 16.0. The number of carbonyl (C=O) groups excluding carboxylic acids is 1. The highest BCUT2D eigenvalue weighted by Gasteiger charge is 2.41. The first-order valence-electron chi connectivity index (χ1n) is 16.0. The van der Waals surface area contributed by atoms with Crippen molar-refractivity contribution < 1.29 is 18.3 Å². The summed E-state index contributed by atoms with van der Waals surface area (Å²) in [4.78, 5) is 41.9. The third kappa shape index (κ3) is 5.30. The van der Waals surface area contributed by atoms with Gasteiger partial charge in [0, 0.05) is 45.6 Å². The second kappa shape index (κ2) is 11.8. The Hall–Kier alpha value is -5.57. The van der Waals surface area contributed by atoms with Gasteiger partial charge in [-0.3, -0.25) is 9.78 Å². The summed E-state index contributed by atoms with van der Waals surface area (Å²) in [6.45, 7) is 4.84. The molecular weight excluding hydrogens is 632 g/mol. The number of carbonyl (C=O) groups is 1. The van der Waals surface area contributed by atoms with E-state index in [9.17, 15) is 13.6 Å². The van der Waals surface area contributed by atoms with Gasteiger partial charge in [-0.2, -0.15) is 5.10 Å². The van der Waals surface area contributed by atoms with Crippen molar-refractivity contribution in [2.75, 3.05) is 37.5 Å². The Kier molecular flexibility index (Phi) is 7.43. The first kappa shape index (κ1) is 30.7. The molecule has 1 N–H and O–H groups in total. The van der Waals surface area contributed by atoms with Crippen LogP contribution in [-0.2, 0) is 16.1 Å². The van der Waals surface area contributed by atoms with E-state index in [2.05, 4.69) is 20.0 Å². The van der Waals surface area contributed by atoms with Crippen molar-refractivity contribution in [2.45, 2.75) is 45.0 Å². The van der Waals surface area contributed by atoms with Crippen LogP contribution in [0, 0.1) is 25.5 Å². The Morgan fingerprint density at radius 2 is 1.86 bits per heavy atom. The SMILES string of the molecule is CO[C@H]1CN(C)C(=O)[C@@H]2CC(CN2c2nc(C)nc3c2cnn3-c2ccc(F)cc2F)Nc2cccc(n2)-c2nccc3nc(C)n(c23)C1. The molecule has 2 aliphatic rings. The monoisotopic (exact) mass is 665 g/mol. The van der Waals surface area contributed by atoms with Crippen LogP contribution in [0.3, 0.4) is 0 Å². The van der Waals surface area contributed by atoms with Crippen LogP contribution in [0.2, 0.25) is 0 Å². The lowest BCUT2D eigenvalue weighted by molar-refractivity contribution is -0.132. The van der Waals surface area contributed by atoms with E-state index in [0.717, 1.165) is 22.9 Å². The summed E-state index contributed by atoms with van der Waals surface area (Å²) in [5.41, 5.74) is 3.44. The van der Waals surface area contributed by atoms with E-state index in [-0.39, 0.29) is 23.7 Å². The first-order chi connectivity index (χ1) is 23.7. The van der Waals surface area contributed by atoms with Crippen molar-refractivity contribution >= 4 is 39.6 Å². The van der Waals surface area contributed by atoms with Crippen molar-refractivity contribution in [3.05, 3.63) is 78.1 Å². The predicted molar refractivity (Wildman–Crippen MR) is 178 cm³/mol. The normalized spacial score (nSPS) is 19.7. The Labute approximate surface area is 279 Å². The third-order valence-corrected chi connectivity index (χ3v) is 9.28. The van der Waals surface area contributed by atoms with Gasteiger partial charge >= 0.3 is 0 Å². The van der Waals surface area contributed by atoms with Crippen LogP contribution in [0.5, 0.6) is 0 Å². The molecule has 3 atom stereocenters. The van der Waals surface area contributed by atoms with Crippen LogP contribution in [0.4, 0.5) is 20.4 Å². The summed E-state index contributed by atoms with van der Waals surface area (Å²) in [7, 11) is 3.41. The second-order valence-corrected chi connectivity index (χ2v) is 12.5. The van der Waals surface area contributed by atoms with Gasteiger partial charge in [-0.05, 0) is 50.6 Å². The van der Waals surface area contributed by atoms with E-state index in [4.69, 9.17) is 24.7 Å². The molecule has 8 rings (SSSR count). The molecule has 7 heterocycles. The highest BCUT2D eigenvalue weighted by atomic mass is 19.1. The molecule has 0 spiro atoms. The van der Waals surface area contributed by atoms with Crippen molar-refractivity contribution in [1.29, 1.82) is 0 Å². The molecule has 1 fully saturated rings. The van der Waals surface area contributed by atoms with Gasteiger partial charge < -0.3 is 24.4 Å². The number of fused-ring (bicyclic) bond motifs is 6. The number of hydrogen-bond acceptors (Lipinski definition) is 10. The van der Waals surface area contributed by atoms with Gasteiger partial charge in [0.15, 0.2) is 11.5 Å². The van der Waals surface area contributed by atoms with Gasteiger partial charge in [0.1, 0.15) is 46.5 Å². The molecule has 2 aliphatic heterocycles. The lowest BCUT2D eigenvalue weighted by atomic mass is 10.1. The van der Waals surface area contributed by atoms with Crippen LogP contribution in [-0.4, -0.2) is 95.5 Å². The number of anilines is 2. The summed E-state index contributed by atoms with van der Waals surface area (Å²) in [6.07, 6.45) is 3.38. The van der Waals surface area contributed by atoms with E-state index in [0.29, 0.717) is 65.9 Å². The van der Waals surface area contributed by atoms with Crippen LogP contribution in [0.15, 0.2) is 54.9 Å². The number of rotatable bonds is 3. The number of likely N-dealkylation sites (N-methyl/N-ethyl adjacent to an activating group) is 1. The number of aromatic nitrogens is 8. The topological polar surface area (TPSA) is 132 Å². The Bertz CT molecular complexity index is 2250. The predicted octanol–water partition coefficient (Wildman–Crippen LogP) is 4.06. The van der Waals surface area contributed by atoms with E-state index in [1.54, 1.807) is 38.4 Å². The number of hydrogen-bond donors (Lipinski definition) is 1. The number of nitrogens with one attached hydrogen (secondary N) is 1. The van der Waals surface area contributed by atoms with E-state index >= 15 is 0 Å². The number of ether oxygens (including phenoxy) is 1. The van der Waals surface area contributed by atoms with Gasteiger partial charge in [-0.25, -0.2) is 33.4 Å². The number of benzene rings is 1. The van der Waals surface area contributed by atoms with Crippen molar-refractivity contribution in [3.8, 4) is 17.1 Å². The molecule has 0 aliphatic carbocycles. The standard InChI is InChI=1S/C34H33F2N11O2/c1-18-39-32(23-14-38-47(33(23)40-18)27-9-8-20(35)12-24(27)36)46-15-21-13-28(46)34(48)44(3)16-22(49-4)17-45-19(2)41-26-10-11-37-30(31(26)45)25-6-5-7-29(42-21)43-25/h5-12,14,21-22,28H,13,15-17H2,1-4H3,(H,42,43)/t21?,22-,28-/m0/s1. The van der Waals surface area contributed by atoms with E-state index in [1.807, 2.05) is 36.1 Å². The highest BCUT2D eigenvalue weighted by molar-refractivity contribution is 5.93. The summed E-state index contributed by atoms with van der Waals surface area (Å²) in [5.74, 6) is 0.759. The van der Waals surface area contributed by atoms with Crippen LogP contribution >= 0.6 is 0 Å². The molecule has 4 bridgehead atoms. The summed E-state index contributed by atoms with van der Waals surface area (Å²) < 4.78 is 38.0. The molecule has 1 amide bonds. The second-order valence-electron chi connectivity index (χ2n) is 12.5. The number of aryl methyl sites for hydroxylation is 2. The Morgan fingerprint density at radius 1 is 1.00 bits per heavy atom. The Morgan fingerprint density at radius 3 is 2.67 bits per heavy atom. The fourth-order valence-corrected chi connectivity index (χ4v) is 6.98. The fourth-order valence-electron chi connectivity index (χ4n) is 6.98. The maximum atomic E-state index is 14.9. The maximum Gasteiger partial charge on any atom is 0.245 e. The van der Waals surface area contributed by atoms with Crippen LogP contribution < -0.4 is 10.2 Å². The van der Waals surface area contributed by atoms with Gasteiger partial charge in [0.25, 0.3) is 0 Å². The molecule has 1 aromatic carbocycles. The number of pyridine rings is 2. The molecule has 6 aromatic rings. The molecule has 5 aromatic heterocycles. The van der Waals surface area contributed by atoms with Crippen LogP contribution in [0.25, 0.3) is 39.1 Å². The molecule has 0 saturated carbocycles. The molecule has 1 saturated heterocycles. The number of halogens is 2. The minimum Gasteiger partial charge on any atom is -0.378 e. The molecule has 15 heteroatoms. The van der Waals surface area contributed by atoms with Gasteiger partial charge in [-0.15, -0.1) is 0 Å². The molecule has 250 valence electrons. The van der Waals surface area contributed by atoms with E-state index in [1.165, 1.54) is 16.8 Å². The zero-order chi connectivity index (χ0) is 34.0. The molecule has 49 heavy (non-hydrogen) atoms. The fraction of sp³-hybridized carbons (Fsp3) is 0.324. The number of imidazole rings is 1. The van der Waals surface area contributed by atoms with Crippen molar-refractivity contribution in [1.82, 2.24) is 44.2 Å². The van der Waals surface area contributed by atoms with Gasteiger partial charge in [-0.1, -0.05) is 6.07 Å². The highest BCUT2D eigenvalue weighted by Crippen LogP contribution is 2.34. The minimum absolute atomic E-state index is 0.0493. The zero-order valence-electron chi connectivity index (χ0n) is 27.3. The Balaban J connectivity index is 1.23. The summed E-state index contributed by atoms with van der Waals surface area (Å²) in [6, 6.07) is 10.1.